The van der Waals surface area contributed by atoms with E-state index in [9.17, 15) is 40.5 Å². The summed E-state index contributed by atoms with van der Waals surface area (Å²) in [5.74, 6) is -0.116. The molecule has 2 saturated heterocycles. The van der Waals surface area contributed by atoms with Crippen LogP contribution in [0.2, 0.25) is 0 Å². The van der Waals surface area contributed by atoms with Gasteiger partial charge in [0.05, 0.1) is 19.3 Å². The van der Waals surface area contributed by atoms with Crippen LogP contribution in [0.1, 0.15) is 64.7 Å². The maximum absolute atomic E-state index is 12.4. The number of carbonyl (C=O) groups is 1. The van der Waals surface area contributed by atoms with Crippen LogP contribution in [0.5, 0.6) is 0 Å². The topological polar surface area (TPSA) is 186 Å². The van der Waals surface area contributed by atoms with E-state index < -0.39 is 74.4 Å². The van der Waals surface area contributed by atoms with Crippen LogP contribution in [0.15, 0.2) is 0 Å². The molecule has 2 aliphatic rings. The van der Waals surface area contributed by atoms with Crippen molar-refractivity contribution in [1.29, 1.82) is 0 Å². The summed E-state index contributed by atoms with van der Waals surface area (Å²) in [5.41, 5.74) is 0. The number of rotatable bonds is 14. The molecule has 0 saturated carbocycles. The summed E-state index contributed by atoms with van der Waals surface area (Å²) in [6.07, 6.45) is -6.75. The fourth-order valence-electron chi connectivity index (χ4n) is 4.44. The quantitative estimate of drug-likeness (QED) is 0.143. The Morgan fingerprint density at radius 1 is 0.706 bits per heavy atom. The van der Waals surface area contributed by atoms with Crippen LogP contribution in [0.25, 0.3) is 0 Å². The van der Waals surface area contributed by atoms with Gasteiger partial charge in [-0.2, -0.15) is 0 Å². The molecular weight excluding hydrogens is 452 g/mol. The number of aliphatic hydroxyl groups excluding tert-OH is 7. The van der Waals surface area contributed by atoms with Crippen molar-refractivity contribution < 1.29 is 54.8 Å². The second kappa shape index (κ2) is 14.7. The molecule has 0 unspecified atom stereocenters. The third-order valence-electron chi connectivity index (χ3n) is 6.59. The van der Waals surface area contributed by atoms with E-state index in [2.05, 4.69) is 6.92 Å². The fourth-order valence-corrected chi connectivity index (χ4v) is 4.44. The van der Waals surface area contributed by atoms with Gasteiger partial charge in [0.1, 0.15) is 54.6 Å². The van der Waals surface area contributed by atoms with Gasteiger partial charge in [0.15, 0.2) is 6.29 Å². The third-order valence-corrected chi connectivity index (χ3v) is 6.59. The zero-order valence-electron chi connectivity index (χ0n) is 19.8. The summed E-state index contributed by atoms with van der Waals surface area (Å²) in [7, 11) is 0. The molecule has 0 spiro atoms. The summed E-state index contributed by atoms with van der Waals surface area (Å²) in [6, 6.07) is 0. The smallest absolute Gasteiger partial charge is 0.187 e. The number of ether oxygens (including phenoxy) is 3. The molecule has 0 aromatic carbocycles. The predicted molar refractivity (Wildman–Crippen MR) is 119 cm³/mol. The van der Waals surface area contributed by atoms with Crippen molar-refractivity contribution in [3.63, 3.8) is 0 Å². The number of hydrogen-bond donors (Lipinski definition) is 7. The molecule has 10 atom stereocenters. The van der Waals surface area contributed by atoms with Gasteiger partial charge in [-0.25, -0.2) is 0 Å². The van der Waals surface area contributed by atoms with E-state index in [1.54, 1.807) is 0 Å². The van der Waals surface area contributed by atoms with Crippen molar-refractivity contribution >= 4 is 5.78 Å². The first-order valence-electron chi connectivity index (χ1n) is 12.3. The van der Waals surface area contributed by atoms with Gasteiger partial charge in [0.25, 0.3) is 0 Å². The Bertz CT molecular complexity index is 587. The molecule has 2 fully saturated rings. The van der Waals surface area contributed by atoms with Gasteiger partial charge in [-0.15, -0.1) is 0 Å². The SMILES string of the molecule is CCCCCCCCCC(=O)C[C@H]1O[C@H](CO)[C@@H](O[C@@H]2O[C@H](CO)[C@@H](O)[C@H](O)[C@H]2O)[C@H](O)[C@H]1O. The molecule has 34 heavy (non-hydrogen) atoms. The van der Waals surface area contributed by atoms with Crippen molar-refractivity contribution in [2.75, 3.05) is 13.2 Å². The number of Topliss-reactive ketones (excluding diaryl/α,β-unsaturated/α-hetero) is 1. The van der Waals surface area contributed by atoms with Gasteiger partial charge in [-0.05, 0) is 6.42 Å². The van der Waals surface area contributed by atoms with Crippen LogP contribution in [-0.4, -0.2) is 116 Å². The average Bonchev–Trinajstić information content (AvgIpc) is 2.83. The van der Waals surface area contributed by atoms with Gasteiger partial charge in [-0.1, -0.05) is 45.4 Å². The van der Waals surface area contributed by atoms with Crippen molar-refractivity contribution in [3.8, 4) is 0 Å². The number of ketones is 1. The Kier molecular flexibility index (Phi) is 12.8. The molecule has 0 aromatic rings. The lowest BCUT2D eigenvalue weighted by atomic mass is 9.91. The number of aliphatic hydroxyl groups is 7. The van der Waals surface area contributed by atoms with Crippen molar-refractivity contribution in [2.45, 2.75) is 126 Å². The fraction of sp³-hybridized carbons (Fsp3) is 0.957. The third kappa shape index (κ3) is 7.89. The lowest BCUT2D eigenvalue weighted by Gasteiger charge is -2.46. The van der Waals surface area contributed by atoms with Crippen LogP contribution in [0, 0.1) is 0 Å². The first-order chi connectivity index (χ1) is 16.2. The highest BCUT2D eigenvalue weighted by Gasteiger charge is 2.50. The van der Waals surface area contributed by atoms with E-state index in [0.717, 1.165) is 25.7 Å². The molecular formula is C23H42O11. The molecule has 11 heteroatoms. The molecule has 2 heterocycles. The van der Waals surface area contributed by atoms with E-state index in [1.807, 2.05) is 0 Å². The summed E-state index contributed by atoms with van der Waals surface area (Å²) < 4.78 is 16.4. The molecule has 2 aliphatic heterocycles. The highest BCUT2D eigenvalue weighted by Crippen LogP contribution is 2.30. The standard InChI is InChI=1S/C23H42O11/c1-2-3-4-5-6-7-8-9-13(26)10-14-17(27)20(30)22(16(12-25)32-14)34-23-21(31)19(29)18(28)15(11-24)33-23/h14-25,27-31H,2-12H2,1H3/t14-,15-,16-,17+,18-,19+,20-,21-,22-,23+/m1/s1. The van der Waals surface area contributed by atoms with Crippen LogP contribution in [0.3, 0.4) is 0 Å². The van der Waals surface area contributed by atoms with Crippen molar-refractivity contribution in [2.24, 2.45) is 0 Å². The maximum atomic E-state index is 12.4. The Labute approximate surface area is 200 Å². The minimum Gasteiger partial charge on any atom is -0.394 e. The molecule has 2 rings (SSSR count). The molecule has 0 amide bonds. The van der Waals surface area contributed by atoms with Gasteiger partial charge in [0.2, 0.25) is 0 Å². The van der Waals surface area contributed by atoms with Crippen LogP contribution < -0.4 is 0 Å². The summed E-state index contributed by atoms with van der Waals surface area (Å²) in [5, 5.41) is 70.2. The van der Waals surface area contributed by atoms with Gasteiger partial charge in [-0.3, -0.25) is 4.79 Å². The lowest BCUT2D eigenvalue weighted by Crippen LogP contribution is -2.64. The van der Waals surface area contributed by atoms with E-state index >= 15 is 0 Å². The van der Waals surface area contributed by atoms with Crippen molar-refractivity contribution in [1.82, 2.24) is 0 Å². The van der Waals surface area contributed by atoms with Gasteiger partial charge < -0.3 is 50.0 Å². The van der Waals surface area contributed by atoms with E-state index in [-0.39, 0.29) is 12.2 Å². The summed E-state index contributed by atoms with van der Waals surface area (Å²) in [4.78, 5) is 12.4. The second-order valence-electron chi connectivity index (χ2n) is 9.29. The minimum absolute atomic E-state index is 0.116. The predicted octanol–water partition coefficient (Wildman–Crippen LogP) is -1.25. The zero-order valence-corrected chi connectivity index (χ0v) is 19.8. The Hall–Kier alpha value is -0.730. The molecule has 0 aliphatic carbocycles. The molecule has 0 bridgehead atoms. The summed E-state index contributed by atoms with van der Waals surface area (Å²) in [6.45, 7) is 0.875. The Balaban J connectivity index is 1.88. The highest BCUT2D eigenvalue weighted by molar-refractivity contribution is 5.78. The van der Waals surface area contributed by atoms with E-state index in [0.29, 0.717) is 6.42 Å². The first kappa shape index (κ1) is 29.5. The number of unbranched alkanes of at least 4 members (excludes halogenated alkanes) is 6. The number of hydrogen-bond acceptors (Lipinski definition) is 11. The van der Waals surface area contributed by atoms with E-state index in [1.165, 1.54) is 19.3 Å². The summed E-state index contributed by atoms with van der Waals surface area (Å²) >= 11 is 0. The lowest BCUT2D eigenvalue weighted by molar-refractivity contribution is -0.341. The second-order valence-corrected chi connectivity index (χ2v) is 9.29. The van der Waals surface area contributed by atoms with Crippen LogP contribution >= 0.6 is 0 Å². The average molecular weight is 495 g/mol. The van der Waals surface area contributed by atoms with Crippen LogP contribution in [-0.2, 0) is 19.0 Å². The van der Waals surface area contributed by atoms with Crippen LogP contribution in [0.4, 0.5) is 0 Å². The zero-order chi connectivity index (χ0) is 25.3. The van der Waals surface area contributed by atoms with Gasteiger partial charge in [0, 0.05) is 12.8 Å². The molecule has 0 aromatic heterocycles. The van der Waals surface area contributed by atoms with Gasteiger partial charge >= 0.3 is 0 Å². The van der Waals surface area contributed by atoms with E-state index in [4.69, 9.17) is 14.2 Å². The molecule has 11 nitrogen and oxygen atoms in total. The largest absolute Gasteiger partial charge is 0.394 e. The Morgan fingerprint density at radius 2 is 1.29 bits per heavy atom. The number of carbonyl (C=O) groups excluding carboxylic acids is 1. The first-order valence-corrected chi connectivity index (χ1v) is 12.3. The maximum Gasteiger partial charge on any atom is 0.187 e. The highest BCUT2D eigenvalue weighted by atomic mass is 16.7. The monoisotopic (exact) mass is 494 g/mol. The normalized spacial score (nSPS) is 38.7. The molecule has 0 radical (unpaired) electrons. The Morgan fingerprint density at radius 3 is 1.91 bits per heavy atom. The minimum atomic E-state index is -1.72. The molecule has 200 valence electrons. The molecule has 7 N–H and O–H groups in total. The van der Waals surface area contributed by atoms with Crippen molar-refractivity contribution in [3.05, 3.63) is 0 Å².